The molecule has 0 aliphatic rings. The predicted molar refractivity (Wildman–Crippen MR) is 80.3 cm³/mol. The molecule has 0 aliphatic heterocycles. The average Bonchev–Trinajstić information content (AvgIpc) is 2.26. The van der Waals surface area contributed by atoms with E-state index in [4.69, 9.17) is 5.14 Å². The quantitative estimate of drug-likeness (QED) is 0.503. The van der Waals surface area contributed by atoms with Gasteiger partial charge < -0.3 is 0 Å². The fourth-order valence-electron chi connectivity index (χ4n) is 1.56. The largest absolute Gasteiger partial charge is 0.273 e. The first-order chi connectivity index (χ1) is 8.93. The highest BCUT2D eigenvalue weighted by Gasteiger charge is 2.26. The summed E-state index contributed by atoms with van der Waals surface area (Å²) in [6.45, 7) is 6.03. The second-order valence-electron chi connectivity index (χ2n) is 5.63. The van der Waals surface area contributed by atoms with Crippen LogP contribution in [-0.2, 0) is 16.4 Å². The summed E-state index contributed by atoms with van der Waals surface area (Å²) < 4.78 is 22.5. The van der Waals surface area contributed by atoms with Crippen LogP contribution in [0.5, 0.6) is 0 Å². The Morgan fingerprint density at radius 1 is 1.40 bits per heavy atom. The average molecular weight is 365 g/mol. The second-order valence-corrected chi connectivity index (χ2v) is 8.30. The van der Waals surface area contributed by atoms with Gasteiger partial charge in [0.15, 0.2) is 0 Å². The number of benzene rings is 1. The van der Waals surface area contributed by atoms with Gasteiger partial charge in [-0.15, -0.1) is 0 Å². The summed E-state index contributed by atoms with van der Waals surface area (Å²) in [4.78, 5) is 10.3. The van der Waals surface area contributed by atoms with Crippen LogP contribution in [0.1, 0.15) is 26.3 Å². The molecule has 0 heterocycles. The van der Waals surface area contributed by atoms with E-state index in [0.29, 0.717) is 12.0 Å². The van der Waals surface area contributed by atoms with E-state index < -0.39 is 14.9 Å². The van der Waals surface area contributed by atoms with Crippen LogP contribution in [0.4, 0.5) is 5.69 Å². The van der Waals surface area contributed by atoms with Crippen molar-refractivity contribution in [1.29, 1.82) is 0 Å². The molecule has 0 spiro atoms. The van der Waals surface area contributed by atoms with Gasteiger partial charge in [-0.1, -0.05) is 42.8 Å². The minimum atomic E-state index is -3.95. The number of sulfonamides is 1. The fraction of sp³-hybridized carbons (Fsp3) is 0.500. The van der Waals surface area contributed by atoms with Crippen molar-refractivity contribution in [3.05, 3.63) is 33.9 Å². The maximum Gasteiger partial charge on any atom is 0.273 e. The van der Waals surface area contributed by atoms with Gasteiger partial charge in [-0.05, 0) is 17.9 Å². The number of halogens is 1. The fourth-order valence-corrected chi connectivity index (χ4v) is 2.44. The molecule has 8 heteroatoms. The van der Waals surface area contributed by atoms with Gasteiger partial charge in [-0.3, -0.25) is 10.1 Å². The van der Waals surface area contributed by atoms with Crippen molar-refractivity contribution < 1.29 is 13.3 Å². The molecule has 6 nitrogen and oxygen atoms in total. The Labute approximate surface area is 126 Å². The molecule has 0 aliphatic carbocycles. The van der Waals surface area contributed by atoms with Crippen LogP contribution in [0.3, 0.4) is 0 Å². The monoisotopic (exact) mass is 364 g/mol. The molecule has 0 saturated carbocycles. The van der Waals surface area contributed by atoms with Gasteiger partial charge in [0.2, 0.25) is 10.0 Å². The lowest BCUT2D eigenvalue weighted by Crippen LogP contribution is -2.23. The number of hydrogen-bond donors (Lipinski definition) is 1. The van der Waals surface area contributed by atoms with Gasteiger partial charge in [-0.2, -0.15) is 0 Å². The molecule has 0 radical (unpaired) electrons. The second kappa shape index (κ2) is 5.79. The Bertz CT molecular complexity index is 623. The van der Waals surface area contributed by atoms with Crippen molar-refractivity contribution in [2.45, 2.75) is 36.9 Å². The number of rotatable bonds is 4. The van der Waals surface area contributed by atoms with Crippen LogP contribution < -0.4 is 5.14 Å². The lowest BCUT2D eigenvalue weighted by atomic mass is 9.88. The Morgan fingerprint density at radius 3 is 2.35 bits per heavy atom. The SMILES string of the molecule is CC(C)(C)C(Br)Cc1ccc(S(N)(=O)=O)cc1[N+](=O)[O-]. The van der Waals surface area contributed by atoms with E-state index in [1.54, 1.807) is 0 Å². The maximum atomic E-state index is 11.2. The maximum absolute atomic E-state index is 11.2. The Kier molecular flexibility index (Phi) is 4.94. The van der Waals surface area contributed by atoms with Gasteiger partial charge in [0.1, 0.15) is 0 Å². The zero-order valence-electron chi connectivity index (χ0n) is 11.5. The van der Waals surface area contributed by atoms with E-state index in [2.05, 4.69) is 15.9 Å². The highest BCUT2D eigenvalue weighted by atomic mass is 79.9. The number of nitrogens with zero attached hydrogens (tertiary/aromatic N) is 1. The molecule has 0 aromatic heterocycles. The van der Waals surface area contributed by atoms with Gasteiger partial charge in [0, 0.05) is 16.5 Å². The number of hydrogen-bond acceptors (Lipinski definition) is 4. The van der Waals surface area contributed by atoms with Gasteiger partial charge in [0.25, 0.3) is 5.69 Å². The van der Waals surface area contributed by atoms with Crippen molar-refractivity contribution in [3.63, 3.8) is 0 Å². The van der Waals surface area contributed by atoms with Crippen molar-refractivity contribution in [3.8, 4) is 0 Å². The van der Waals surface area contributed by atoms with Gasteiger partial charge in [-0.25, -0.2) is 13.6 Å². The van der Waals surface area contributed by atoms with Crippen molar-refractivity contribution in [1.82, 2.24) is 0 Å². The first-order valence-corrected chi connectivity index (χ1v) is 8.33. The van der Waals surface area contributed by atoms with Crippen molar-refractivity contribution in [2.75, 3.05) is 0 Å². The molecular weight excluding hydrogens is 348 g/mol. The van der Waals surface area contributed by atoms with E-state index in [-0.39, 0.29) is 20.8 Å². The molecule has 1 rings (SSSR count). The summed E-state index contributed by atoms with van der Waals surface area (Å²) in [5.74, 6) is 0. The standard InChI is InChI=1S/C12H17BrN2O4S/c1-12(2,3)11(13)6-8-4-5-9(20(14,18)19)7-10(8)15(16)17/h4-5,7,11H,6H2,1-3H3,(H2,14,18,19). The molecule has 0 bridgehead atoms. The van der Waals surface area contributed by atoms with E-state index in [1.807, 2.05) is 20.8 Å². The van der Waals surface area contributed by atoms with Crippen LogP contribution >= 0.6 is 15.9 Å². The van der Waals surface area contributed by atoms with Gasteiger partial charge in [0.05, 0.1) is 9.82 Å². The van der Waals surface area contributed by atoms with E-state index in [0.717, 1.165) is 6.07 Å². The summed E-state index contributed by atoms with van der Waals surface area (Å²) >= 11 is 3.51. The number of nitro groups is 1. The third-order valence-electron chi connectivity index (χ3n) is 2.92. The molecule has 2 N–H and O–H groups in total. The third kappa shape index (κ3) is 4.26. The highest BCUT2D eigenvalue weighted by molar-refractivity contribution is 9.09. The molecule has 1 atom stereocenters. The van der Waals surface area contributed by atoms with Crippen LogP contribution in [0.25, 0.3) is 0 Å². The molecule has 1 aromatic carbocycles. The molecular formula is C12H17BrN2O4S. The summed E-state index contributed by atoms with van der Waals surface area (Å²) in [5, 5.41) is 16.1. The summed E-state index contributed by atoms with van der Waals surface area (Å²) in [6.07, 6.45) is 0.421. The summed E-state index contributed by atoms with van der Waals surface area (Å²) in [6, 6.07) is 3.74. The lowest BCUT2D eigenvalue weighted by Gasteiger charge is -2.25. The predicted octanol–water partition coefficient (Wildman–Crippen LogP) is 2.59. The number of nitrogens with two attached hydrogens (primary N) is 1. The molecule has 0 amide bonds. The number of alkyl halides is 1. The number of nitro benzene ring substituents is 1. The smallest absolute Gasteiger partial charge is 0.258 e. The molecule has 112 valence electrons. The van der Waals surface area contributed by atoms with Crippen LogP contribution in [-0.4, -0.2) is 18.2 Å². The zero-order chi connectivity index (χ0) is 15.7. The van der Waals surface area contributed by atoms with Crippen LogP contribution in [0, 0.1) is 15.5 Å². The molecule has 1 aromatic rings. The van der Waals surface area contributed by atoms with E-state index in [1.165, 1.54) is 12.1 Å². The van der Waals surface area contributed by atoms with E-state index >= 15 is 0 Å². The van der Waals surface area contributed by atoms with Gasteiger partial charge >= 0.3 is 0 Å². The highest BCUT2D eigenvalue weighted by Crippen LogP contribution is 2.32. The van der Waals surface area contributed by atoms with Crippen LogP contribution in [0.2, 0.25) is 0 Å². The molecule has 0 saturated heterocycles. The molecule has 20 heavy (non-hydrogen) atoms. The van der Waals surface area contributed by atoms with Crippen molar-refractivity contribution >= 4 is 31.6 Å². The van der Waals surface area contributed by atoms with E-state index in [9.17, 15) is 18.5 Å². The first kappa shape index (κ1) is 17.1. The Morgan fingerprint density at radius 2 is 1.95 bits per heavy atom. The normalized spacial score (nSPS) is 14.1. The zero-order valence-corrected chi connectivity index (χ0v) is 13.9. The third-order valence-corrected chi connectivity index (χ3v) is 5.53. The minimum absolute atomic E-state index is 0.0223. The summed E-state index contributed by atoms with van der Waals surface area (Å²) in [7, 11) is -3.95. The molecule has 0 fully saturated rings. The Balaban J connectivity index is 3.25. The van der Waals surface area contributed by atoms with Crippen LogP contribution in [0.15, 0.2) is 23.1 Å². The lowest BCUT2D eigenvalue weighted by molar-refractivity contribution is -0.385. The summed E-state index contributed by atoms with van der Waals surface area (Å²) in [5.41, 5.74) is 0.163. The van der Waals surface area contributed by atoms with Crippen molar-refractivity contribution in [2.24, 2.45) is 10.6 Å². The molecule has 1 unspecified atom stereocenters. The Hall–Kier alpha value is -0.990. The first-order valence-electron chi connectivity index (χ1n) is 5.87. The minimum Gasteiger partial charge on any atom is -0.258 e. The number of primary sulfonamides is 1. The topological polar surface area (TPSA) is 103 Å².